The minimum atomic E-state index is -0.214. The number of rotatable bonds is 2. The van der Waals surface area contributed by atoms with Crippen LogP contribution >= 0.6 is 15.9 Å². The Kier molecular flexibility index (Phi) is 3.39. The van der Waals surface area contributed by atoms with E-state index in [-0.39, 0.29) is 16.6 Å². The van der Waals surface area contributed by atoms with Crippen LogP contribution in [0.3, 0.4) is 0 Å². The van der Waals surface area contributed by atoms with E-state index >= 15 is 0 Å². The normalized spacial score (nSPS) is 21.3. The number of alkyl halides is 1. The van der Waals surface area contributed by atoms with E-state index in [1.54, 1.807) is 0 Å². The van der Waals surface area contributed by atoms with Crippen LogP contribution in [0.2, 0.25) is 0 Å². The number of amides is 2. The van der Waals surface area contributed by atoms with Gasteiger partial charge in [0.25, 0.3) is 0 Å². The zero-order valence-corrected chi connectivity index (χ0v) is 10.3. The molecule has 0 radical (unpaired) electrons. The summed E-state index contributed by atoms with van der Waals surface area (Å²) in [6, 6.07) is 9.55. The molecule has 1 aromatic rings. The zero-order chi connectivity index (χ0) is 11.5. The van der Waals surface area contributed by atoms with Crippen molar-refractivity contribution in [2.75, 3.05) is 0 Å². The van der Waals surface area contributed by atoms with E-state index < -0.39 is 0 Å². The van der Waals surface area contributed by atoms with Gasteiger partial charge in [-0.3, -0.25) is 14.5 Å². The van der Waals surface area contributed by atoms with Gasteiger partial charge in [-0.2, -0.15) is 0 Å². The van der Waals surface area contributed by atoms with Gasteiger partial charge in [0.2, 0.25) is 11.8 Å². The quantitative estimate of drug-likeness (QED) is 0.615. The molecule has 0 aliphatic carbocycles. The molecule has 0 spiro atoms. The number of carbonyl (C=O) groups excluding carboxylic acids is 2. The molecule has 0 aromatic heterocycles. The summed E-state index contributed by atoms with van der Waals surface area (Å²) in [7, 11) is 0. The Morgan fingerprint density at radius 2 is 1.94 bits per heavy atom. The second-order valence-corrected chi connectivity index (χ2v) is 4.92. The summed E-state index contributed by atoms with van der Waals surface area (Å²) in [5.74, 6) is -0.204. The second-order valence-electron chi connectivity index (χ2n) is 3.81. The zero-order valence-electron chi connectivity index (χ0n) is 8.73. The van der Waals surface area contributed by atoms with Crippen molar-refractivity contribution in [1.82, 2.24) is 4.90 Å². The summed E-state index contributed by atoms with van der Waals surface area (Å²) in [5, 5.41) is 0. The van der Waals surface area contributed by atoms with Crippen LogP contribution in [0.4, 0.5) is 0 Å². The van der Waals surface area contributed by atoms with Crippen molar-refractivity contribution in [2.24, 2.45) is 0 Å². The number of imide groups is 1. The molecule has 1 unspecified atom stereocenters. The fourth-order valence-electron chi connectivity index (χ4n) is 1.73. The highest BCUT2D eigenvalue weighted by Crippen LogP contribution is 2.21. The number of halogens is 1. The van der Waals surface area contributed by atoms with E-state index in [0.29, 0.717) is 19.4 Å². The number of carbonyl (C=O) groups is 2. The van der Waals surface area contributed by atoms with E-state index in [1.165, 1.54) is 4.90 Å². The van der Waals surface area contributed by atoms with E-state index in [9.17, 15) is 9.59 Å². The molecule has 16 heavy (non-hydrogen) atoms. The Bertz CT molecular complexity index is 405. The van der Waals surface area contributed by atoms with Gasteiger partial charge in [0.1, 0.15) is 0 Å². The molecule has 1 saturated heterocycles. The molecule has 1 aliphatic rings. The van der Waals surface area contributed by atoms with Crippen LogP contribution in [0.5, 0.6) is 0 Å². The maximum Gasteiger partial charge on any atom is 0.243 e. The molecule has 1 fully saturated rings. The predicted octanol–water partition coefficient (Wildman–Crippen LogP) is 2.10. The molecule has 2 rings (SSSR count). The van der Waals surface area contributed by atoms with Gasteiger partial charge >= 0.3 is 0 Å². The molecule has 84 valence electrons. The van der Waals surface area contributed by atoms with Crippen LogP contribution in [0, 0.1) is 0 Å². The average Bonchev–Trinajstić information content (AvgIpc) is 2.31. The first-order valence-electron chi connectivity index (χ1n) is 5.20. The van der Waals surface area contributed by atoms with Gasteiger partial charge in [0, 0.05) is 6.42 Å². The van der Waals surface area contributed by atoms with Gasteiger partial charge in [-0.1, -0.05) is 46.3 Å². The lowest BCUT2D eigenvalue weighted by Crippen LogP contribution is -2.44. The summed E-state index contributed by atoms with van der Waals surface area (Å²) < 4.78 is 0. The van der Waals surface area contributed by atoms with Crippen molar-refractivity contribution in [3.05, 3.63) is 35.9 Å². The van der Waals surface area contributed by atoms with Crippen LogP contribution in [-0.4, -0.2) is 21.5 Å². The molecular weight excluding hydrogens is 270 g/mol. The number of hydrogen-bond acceptors (Lipinski definition) is 2. The largest absolute Gasteiger partial charge is 0.277 e. The van der Waals surface area contributed by atoms with Gasteiger partial charge in [0.05, 0.1) is 11.4 Å². The molecule has 0 N–H and O–H groups in total. The first kappa shape index (κ1) is 11.3. The van der Waals surface area contributed by atoms with Crippen LogP contribution in [0.1, 0.15) is 18.4 Å². The Morgan fingerprint density at radius 3 is 2.62 bits per heavy atom. The molecule has 0 bridgehead atoms. The monoisotopic (exact) mass is 281 g/mol. The molecule has 2 amide bonds. The SMILES string of the molecule is O=C1CCC(Br)C(=O)N1Cc1ccccc1. The first-order valence-corrected chi connectivity index (χ1v) is 6.12. The molecular formula is C12H12BrNO2. The average molecular weight is 282 g/mol. The highest BCUT2D eigenvalue weighted by molar-refractivity contribution is 9.10. The maximum absolute atomic E-state index is 11.8. The third-order valence-electron chi connectivity index (χ3n) is 2.63. The highest BCUT2D eigenvalue weighted by atomic mass is 79.9. The van der Waals surface area contributed by atoms with Gasteiger partial charge < -0.3 is 0 Å². The fourth-order valence-corrected chi connectivity index (χ4v) is 2.21. The third-order valence-corrected chi connectivity index (χ3v) is 3.48. The van der Waals surface area contributed by atoms with Gasteiger partial charge in [-0.15, -0.1) is 0 Å². The minimum absolute atomic E-state index is 0.0791. The Balaban J connectivity index is 2.13. The van der Waals surface area contributed by atoms with Crippen molar-refractivity contribution in [3.8, 4) is 0 Å². The standard InChI is InChI=1S/C12H12BrNO2/c13-10-6-7-11(15)14(12(10)16)8-9-4-2-1-3-5-9/h1-5,10H,6-8H2. The summed E-state index contributed by atoms with van der Waals surface area (Å²) in [6.07, 6.45) is 1.04. The van der Waals surface area contributed by atoms with Crippen LogP contribution in [0.15, 0.2) is 30.3 Å². The Labute approximate surface area is 103 Å². The predicted molar refractivity (Wildman–Crippen MR) is 63.9 cm³/mol. The number of likely N-dealkylation sites (tertiary alicyclic amines) is 1. The van der Waals surface area contributed by atoms with E-state index in [4.69, 9.17) is 0 Å². The molecule has 4 heteroatoms. The third kappa shape index (κ3) is 2.32. The van der Waals surface area contributed by atoms with Crippen molar-refractivity contribution in [2.45, 2.75) is 24.2 Å². The molecule has 0 saturated carbocycles. The van der Waals surface area contributed by atoms with Gasteiger partial charge in [-0.25, -0.2) is 0 Å². The van der Waals surface area contributed by atoms with Crippen molar-refractivity contribution >= 4 is 27.7 Å². The van der Waals surface area contributed by atoms with E-state index in [2.05, 4.69) is 15.9 Å². The summed E-state index contributed by atoms with van der Waals surface area (Å²) in [4.78, 5) is 24.6. The van der Waals surface area contributed by atoms with Gasteiger partial charge in [-0.05, 0) is 12.0 Å². The van der Waals surface area contributed by atoms with Crippen LogP contribution in [0.25, 0.3) is 0 Å². The summed E-state index contributed by atoms with van der Waals surface area (Å²) in [6.45, 7) is 0.376. The number of hydrogen-bond donors (Lipinski definition) is 0. The maximum atomic E-state index is 11.8. The lowest BCUT2D eigenvalue weighted by atomic mass is 10.1. The summed E-state index contributed by atoms with van der Waals surface area (Å²) >= 11 is 3.29. The highest BCUT2D eigenvalue weighted by Gasteiger charge is 2.32. The van der Waals surface area contributed by atoms with E-state index in [1.807, 2.05) is 30.3 Å². The van der Waals surface area contributed by atoms with Crippen molar-refractivity contribution < 1.29 is 9.59 Å². The number of piperidine rings is 1. The smallest absolute Gasteiger partial charge is 0.243 e. The fraction of sp³-hybridized carbons (Fsp3) is 0.333. The van der Waals surface area contributed by atoms with Crippen LogP contribution < -0.4 is 0 Å². The first-order chi connectivity index (χ1) is 7.68. The van der Waals surface area contributed by atoms with Crippen molar-refractivity contribution in [1.29, 1.82) is 0 Å². The molecule has 1 aromatic carbocycles. The van der Waals surface area contributed by atoms with E-state index in [0.717, 1.165) is 5.56 Å². The van der Waals surface area contributed by atoms with Crippen molar-refractivity contribution in [3.63, 3.8) is 0 Å². The lowest BCUT2D eigenvalue weighted by molar-refractivity contribution is -0.148. The number of nitrogens with zero attached hydrogens (tertiary/aromatic N) is 1. The molecule has 1 atom stereocenters. The Morgan fingerprint density at radius 1 is 1.25 bits per heavy atom. The minimum Gasteiger partial charge on any atom is -0.277 e. The molecule has 3 nitrogen and oxygen atoms in total. The molecule has 1 heterocycles. The summed E-state index contributed by atoms with van der Waals surface area (Å²) in [5.41, 5.74) is 0.978. The lowest BCUT2D eigenvalue weighted by Gasteiger charge is -2.27. The topological polar surface area (TPSA) is 37.4 Å². The Hall–Kier alpha value is -1.16. The second kappa shape index (κ2) is 4.78. The van der Waals surface area contributed by atoms with Gasteiger partial charge in [0.15, 0.2) is 0 Å². The molecule has 1 aliphatic heterocycles. The number of benzene rings is 1. The van der Waals surface area contributed by atoms with Crippen LogP contribution in [-0.2, 0) is 16.1 Å².